The van der Waals surface area contributed by atoms with Crippen molar-refractivity contribution < 1.29 is 0 Å². The predicted octanol–water partition coefficient (Wildman–Crippen LogP) is 3.61. The highest BCUT2D eigenvalue weighted by Gasteiger charge is 2.04. The zero-order chi connectivity index (χ0) is 13.0. The van der Waals surface area contributed by atoms with E-state index in [1.807, 2.05) is 6.92 Å². The minimum Gasteiger partial charge on any atom is -0.366 e. The normalized spacial score (nSPS) is 10.4. The largest absolute Gasteiger partial charge is 0.366 e. The summed E-state index contributed by atoms with van der Waals surface area (Å²) in [5, 5.41) is 3.77. The average Bonchev–Trinajstić information content (AvgIpc) is 2.41. The molecule has 0 bridgehead atoms. The molecule has 0 unspecified atom stereocenters. The first-order chi connectivity index (χ1) is 8.70. The lowest BCUT2D eigenvalue weighted by Crippen LogP contribution is -2.04. The Morgan fingerprint density at radius 3 is 2.44 bits per heavy atom. The van der Waals surface area contributed by atoms with Crippen LogP contribution in [0.4, 0.5) is 5.82 Å². The quantitative estimate of drug-likeness (QED) is 0.855. The van der Waals surface area contributed by atoms with E-state index in [9.17, 15) is 0 Å². The fourth-order valence-electron chi connectivity index (χ4n) is 1.69. The second kappa shape index (κ2) is 5.83. The molecule has 2 aromatic rings. The van der Waals surface area contributed by atoms with Crippen molar-refractivity contribution in [3.63, 3.8) is 0 Å². The standard InChI is InChI=1S/C14H16ClN3/c1-3-11-4-6-12(7-5-11)8-16-14-10(2)13(15)17-9-18-14/h4-7,9H,3,8H2,1-2H3,(H,16,17,18). The monoisotopic (exact) mass is 261 g/mol. The molecule has 0 fully saturated rings. The molecule has 0 aliphatic heterocycles. The second-order valence-corrected chi connectivity index (χ2v) is 4.52. The minimum atomic E-state index is 0.494. The van der Waals surface area contributed by atoms with Crippen LogP contribution in [-0.4, -0.2) is 9.97 Å². The van der Waals surface area contributed by atoms with E-state index in [0.29, 0.717) is 5.15 Å². The summed E-state index contributed by atoms with van der Waals surface area (Å²) in [6, 6.07) is 8.56. The Morgan fingerprint density at radius 2 is 1.78 bits per heavy atom. The fourth-order valence-corrected chi connectivity index (χ4v) is 1.82. The van der Waals surface area contributed by atoms with Crippen molar-refractivity contribution in [2.45, 2.75) is 26.8 Å². The number of nitrogens with zero attached hydrogens (tertiary/aromatic N) is 2. The topological polar surface area (TPSA) is 37.8 Å². The van der Waals surface area contributed by atoms with Gasteiger partial charge < -0.3 is 5.32 Å². The molecule has 3 nitrogen and oxygen atoms in total. The van der Waals surface area contributed by atoms with Gasteiger partial charge in [-0.3, -0.25) is 0 Å². The fraction of sp³-hybridized carbons (Fsp3) is 0.286. The molecular formula is C14H16ClN3. The number of aromatic nitrogens is 2. The van der Waals surface area contributed by atoms with Crippen molar-refractivity contribution in [3.05, 3.63) is 52.4 Å². The highest BCUT2D eigenvalue weighted by molar-refractivity contribution is 6.30. The third-order valence-corrected chi connectivity index (χ3v) is 3.29. The van der Waals surface area contributed by atoms with Gasteiger partial charge in [-0.15, -0.1) is 0 Å². The molecular weight excluding hydrogens is 246 g/mol. The Kier molecular flexibility index (Phi) is 4.15. The number of benzene rings is 1. The van der Waals surface area contributed by atoms with Gasteiger partial charge >= 0.3 is 0 Å². The summed E-state index contributed by atoms with van der Waals surface area (Å²) in [5.74, 6) is 0.787. The van der Waals surface area contributed by atoms with Crippen molar-refractivity contribution in [1.29, 1.82) is 0 Å². The SMILES string of the molecule is CCc1ccc(CNc2ncnc(Cl)c2C)cc1. The third kappa shape index (κ3) is 2.99. The van der Waals surface area contributed by atoms with Gasteiger partial charge in [-0.2, -0.15) is 0 Å². The summed E-state index contributed by atoms with van der Waals surface area (Å²) in [4.78, 5) is 8.11. The highest BCUT2D eigenvalue weighted by atomic mass is 35.5. The number of anilines is 1. The lowest BCUT2D eigenvalue weighted by molar-refractivity contribution is 1.05. The maximum absolute atomic E-state index is 5.94. The predicted molar refractivity (Wildman–Crippen MR) is 74.9 cm³/mol. The lowest BCUT2D eigenvalue weighted by Gasteiger charge is -2.09. The van der Waals surface area contributed by atoms with E-state index in [0.717, 1.165) is 24.3 Å². The van der Waals surface area contributed by atoms with Gasteiger partial charge in [0.1, 0.15) is 17.3 Å². The molecule has 0 aliphatic rings. The first-order valence-electron chi connectivity index (χ1n) is 5.99. The molecule has 1 aromatic heterocycles. The molecule has 4 heteroatoms. The number of hydrogen-bond acceptors (Lipinski definition) is 3. The van der Waals surface area contributed by atoms with Crippen LogP contribution in [0.2, 0.25) is 5.15 Å². The van der Waals surface area contributed by atoms with Crippen LogP contribution in [0, 0.1) is 6.92 Å². The van der Waals surface area contributed by atoms with Gasteiger partial charge in [-0.25, -0.2) is 9.97 Å². The van der Waals surface area contributed by atoms with Crippen molar-refractivity contribution in [1.82, 2.24) is 9.97 Å². The van der Waals surface area contributed by atoms with Crippen molar-refractivity contribution in [2.24, 2.45) is 0 Å². The maximum Gasteiger partial charge on any atom is 0.137 e. The third-order valence-electron chi connectivity index (χ3n) is 2.91. The summed E-state index contributed by atoms with van der Waals surface area (Å²) < 4.78 is 0. The summed E-state index contributed by atoms with van der Waals surface area (Å²) in [6.45, 7) is 4.79. The first kappa shape index (κ1) is 12.8. The van der Waals surface area contributed by atoms with Crippen LogP contribution >= 0.6 is 11.6 Å². The molecule has 2 rings (SSSR count). The Bertz CT molecular complexity index is 523. The molecule has 94 valence electrons. The van der Waals surface area contributed by atoms with Crippen LogP contribution in [0.5, 0.6) is 0 Å². The summed E-state index contributed by atoms with van der Waals surface area (Å²) >= 11 is 5.94. The minimum absolute atomic E-state index is 0.494. The molecule has 0 atom stereocenters. The lowest BCUT2D eigenvalue weighted by atomic mass is 10.1. The van der Waals surface area contributed by atoms with Crippen molar-refractivity contribution in [3.8, 4) is 0 Å². The summed E-state index contributed by atoms with van der Waals surface area (Å²) in [5.41, 5.74) is 3.45. The van der Waals surface area contributed by atoms with E-state index >= 15 is 0 Å². The van der Waals surface area contributed by atoms with E-state index in [4.69, 9.17) is 11.6 Å². The molecule has 0 aliphatic carbocycles. The van der Waals surface area contributed by atoms with Gasteiger partial charge in [-0.05, 0) is 24.5 Å². The van der Waals surface area contributed by atoms with E-state index in [1.165, 1.54) is 17.5 Å². The van der Waals surface area contributed by atoms with E-state index < -0.39 is 0 Å². The zero-order valence-corrected chi connectivity index (χ0v) is 11.3. The first-order valence-corrected chi connectivity index (χ1v) is 6.37. The molecule has 1 aromatic carbocycles. The van der Waals surface area contributed by atoms with Crippen LogP contribution in [0.15, 0.2) is 30.6 Å². The Morgan fingerprint density at radius 1 is 1.11 bits per heavy atom. The smallest absolute Gasteiger partial charge is 0.137 e. The van der Waals surface area contributed by atoms with Gasteiger partial charge in [-0.1, -0.05) is 42.8 Å². The van der Waals surface area contributed by atoms with E-state index in [-0.39, 0.29) is 0 Å². The Balaban J connectivity index is 2.04. The summed E-state index contributed by atoms with van der Waals surface area (Å²) in [7, 11) is 0. The number of aryl methyl sites for hydroxylation is 1. The highest BCUT2D eigenvalue weighted by Crippen LogP contribution is 2.18. The van der Waals surface area contributed by atoms with Gasteiger partial charge in [0.25, 0.3) is 0 Å². The molecule has 1 heterocycles. The molecule has 0 amide bonds. The number of rotatable bonds is 4. The second-order valence-electron chi connectivity index (χ2n) is 4.16. The van der Waals surface area contributed by atoms with Crippen LogP contribution in [-0.2, 0) is 13.0 Å². The molecule has 0 saturated heterocycles. The number of nitrogens with one attached hydrogen (secondary N) is 1. The van der Waals surface area contributed by atoms with E-state index in [1.54, 1.807) is 0 Å². The molecule has 1 N–H and O–H groups in total. The van der Waals surface area contributed by atoms with Gasteiger partial charge in [0, 0.05) is 12.1 Å². The molecule has 0 saturated carbocycles. The molecule has 18 heavy (non-hydrogen) atoms. The number of halogens is 1. The maximum atomic E-state index is 5.94. The van der Waals surface area contributed by atoms with E-state index in [2.05, 4.69) is 46.5 Å². The Labute approximate surface area is 112 Å². The van der Waals surface area contributed by atoms with Crippen molar-refractivity contribution in [2.75, 3.05) is 5.32 Å². The summed E-state index contributed by atoms with van der Waals surface area (Å²) in [6.07, 6.45) is 2.53. The molecule has 0 spiro atoms. The van der Waals surface area contributed by atoms with Gasteiger partial charge in [0.05, 0.1) is 0 Å². The van der Waals surface area contributed by atoms with Crippen LogP contribution in [0.1, 0.15) is 23.6 Å². The van der Waals surface area contributed by atoms with Crippen LogP contribution < -0.4 is 5.32 Å². The average molecular weight is 262 g/mol. The van der Waals surface area contributed by atoms with Crippen molar-refractivity contribution >= 4 is 17.4 Å². The van der Waals surface area contributed by atoms with Crippen LogP contribution in [0.3, 0.4) is 0 Å². The number of hydrogen-bond donors (Lipinski definition) is 1. The Hall–Kier alpha value is -1.61. The zero-order valence-electron chi connectivity index (χ0n) is 10.6. The van der Waals surface area contributed by atoms with Gasteiger partial charge in [0.15, 0.2) is 0 Å². The molecule has 0 radical (unpaired) electrons. The van der Waals surface area contributed by atoms with Crippen LogP contribution in [0.25, 0.3) is 0 Å². The van der Waals surface area contributed by atoms with Gasteiger partial charge in [0.2, 0.25) is 0 Å².